The first kappa shape index (κ1) is 12.7. The standard InChI is InChI=1S/C12H18F2N2/c1-3-5-9(4-2)16-11-7-8(13)6-10(14)12(11)15/h6-7,9,16H,3-5,15H2,1-2H3. The average Bonchev–Trinajstić information content (AvgIpc) is 2.24. The predicted octanol–water partition coefficient (Wildman–Crippen LogP) is 3.54. The first-order valence-electron chi connectivity index (χ1n) is 5.59. The van der Waals surface area contributed by atoms with Crippen LogP contribution < -0.4 is 11.1 Å². The minimum absolute atomic E-state index is 0.0176. The highest BCUT2D eigenvalue weighted by Crippen LogP contribution is 2.25. The van der Waals surface area contributed by atoms with Crippen molar-refractivity contribution >= 4 is 11.4 Å². The van der Waals surface area contributed by atoms with Crippen LogP contribution in [0, 0.1) is 11.6 Å². The van der Waals surface area contributed by atoms with Gasteiger partial charge < -0.3 is 11.1 Å². The molecule has 0 amide bonds. The first-order valence-corrected chi connectivity index (χ1v) is 5.59. The number of rotatable bonds is 5. The van der Waals surface area contributed by atoms with Crippen molar-refractivity contribution < 1.29 is 8.78 Å². The van der Waals surface area contributed by atoms with E-state index in [4.69, 9.17) is 5.73 Å². The van der Waals surface area contributed by atoms with Crippen molar-refractivity contribution in [3.63, 3.8) is 0 Å². The lowest BCUT2D eigenvalue weighted by molar-refractivity contribution is 0.583. The second kappa shape index (κ2) is 5.68. The van der Waals surface area contributed by atoms with Gasteiger partial charge >= 0.3 is 0 Å². The molecule has 1 rings (SSSR count). The smallest absolute Gasteiger partial charge is 0.151 e. The van der Waals surface area contributed by atoms with Gasteiger partial charge in [0.2, 0.25) is 0 Å². The zero-order chi connectivity index (χ0) is 12.1. The third kappa shape index (κ3) is 3.08. The lowest BCUT2D eigenvalue weighted by Gasteiger charge is -2.19. The number of anilines is 2. The molecule has 0 radical (unpaired) electrons. The van der Waals surface area contributed by atoms with Gasteiger partial charge in [0, 0.05) is 12.1 Å². The second-order valence-electron chi connectivity index (χ2n) is 3.89. The maximum Gasteiger partial charge on any atom is 0.151 e. The van der Waals surface area contributed by atoms with Gasteiger partial charge in [-0.3, -0.25) is 0 Å². The minimum Gasteiger partial charge on any atom is -0.395 e. The van der Waals surface area contributed by atoms with Gasteiger partial charge in [0.1, 0.15) is 5.82 Å². The maximum atomic E-state index is 13.2. The summed E-state index contributed by atoms with van der Waals surface area (Å²) in [6.07, 6.45) is 2.86. The molecule has 0 saturated carbocycles. The molecule has 0 fully saturated rings. The molecule has 0 aliphatic rings. The van der Waals surface area contributed by atoms with Gasteiger partial charge in [-0.15, -0.1) is 0 Å². The number of hydrogen-bond donors (Lipinski definition) is 2. The average molecular weight is 228 g/mol. The van der Waals surface area contributed by atoms with Crippen LogP contribution in [0.1, 0.15) is 33.1 Å². The van der Waals surface area contributed by atoms with Crippen LogP contribution in [-0.4, -0.2) is 6.04 Å². The van der Waals surface area contributed by atoms with Gasteiger partial charge in [-0.2, -0.15) is 0 Å². The van der Waals surface area contributed by atoms with Crippen molar-refractivity contribution in [2.24, 2.45) is 0 Å². The Labute approximate surface area is 94.8 Å². The van der Waals surface area contributed by atoms with Crippen LogP contribution in [0.25, 0.3) is 0 Å². The van der Waals surface area contributed by atoms with Gasteiger partial charge in [-0.25, -0.2) is 8.78 Å². The largest absolute Gasteiger partial charge is 0.395 e. The summed E-state index contributed by atoms with van der Waals surface area (Å²) in [5.41, 5.74) is 5.87. The molecule has 0 spiro atoms. The molecule has 0 aliphatic carbocycles. The van der Waals surface area contributed by atoms with Gasteiger partial charge in [-0.1, -0.05) is 20.3 Å². The van der Waals surface area contributed by atoms with Crippen LogP contribution >= 0.6 is 0 Å². The van der Waals surface area contributed by atoms with Crippen LogP contribution in [0.15, 0.2) is 12.1 Å². The summed E-state index contributed by atoms with van der Waals surface area (Å²) >= 11 is 0. The van der Waals surface area contributed by atoms with E-state index >= 15 is 0 Å². The first-order chi connectivity index (χ1) is 7.58. The third-order valence-corrected chi connectivity index (χ3v) is 2.58. The van der Waals surface area contributed by atoms with Gasteiger partial charge in [0.15, 0.2) is 5.82 Å². The highest BCUT2D eigenvalue weighted by molar-refractivity contribution is 5.67. The zero-order valence-electron chi connectivity index (χ0n) is 9.69. The number of nitrogens with one attached hydrogen (secondary N) is 1. The summed E-state index contributed by atoms with van der Waals surface area (Å²) in [5.74, 6) is -1.32. The fourth-order valence-corrected chi connectivity index (χ4v) is 1.65. The Kier molecular flexibility index (Phi) is 4.52. The van der Waals surface area contributed by atoms with E-state index in [1.165, 1.54) is 6.07 Å². The Morgan fingerprint density at radius 2 is 2.00 bits per heavy atom. The maximum absolute atomic E-state index is 13.2. The third-order valence-electron chi connectivity index (χ3n) is 2.58. The summed E-state index contributed by atoms with van der Waals surface area (Å²) in [6.45, 7) is 4.10. The molecule has 1 aromatic carbocycles. The Morgan fingerprint density at radius 3 is 2.56 bits per heavy atom. The lowest BCUT2D eigenvalue weighted by Crippen LogP contribution is -2.19. The molecule has 2 nitrogen and oxygen atoms in total. The summed E-state index contributed by atoms with van der Waals surface area (Å²) in [4.78, 5) is 0. The molecule has 0 heterocycles. The van der Waals surface area contributed by atoms with Crippen molar-refractivity contribution in [1.82, 2.24) is 0 Å². The van der Waals surface area contributed by atoms with Gasteiger partial charge in [0.25, 0.3) is 0 Å². The summed E-state index contributed by atoms with van der Waals surface area (Å²) in [5, 5.41) is 3.07. The van der Waals surface area contributed by atoms with E-state index in [9.17, 15) is 8.78 Å². The molecule has 1 atom stereocenters. The molecule has 0 bridgehead atoms. The highest BCUT2D eigenvalue weighted by atomic mass is 19.1. The molecular weight excluding hydrogens is 210 g/mol. The predicted molar refractivity (Wildman–Crippen MR) is 63.4 cm³/mol. The van der Waals surface area contributed by atoms with E-state index in [1.54, 1.807) is 0 Å². The van der Waals surface area contributed by atoms with Crippen LogP contribution in [0.2, 0.25) is 0 Å². The van der Waals surface area contributed by atoms with Crippen LogP contribution in [0.3, 0.4) is 0 Å². The molecule has 1 unspecified atom stereocenters. The number of halogens is 2. The van der Waals surface area contributed by atoms with Crippen LogP contribution in [-0.2, 0) is 0 Å². The van der Waals surface area contributed by atoms with Crippen LogP contribution in [0.5, 0.6) is 0 Å². The van der Waals surface area contributed by atoms with Crippen molar-refractivity contribution in [3.05, 3.63) is 23.8 Å². The van der Waals surface area contributed by atoms with Crippen LogP contribution in [0.4, 0.5) is 20.2 Å². The molecular formula is C12H18F2N2. The fourth-order valence-electron chi connectivity index (χ4n) is 1.65. The minimum atomic E-state index is -0.714. The van der Waals surface area contributed by atoms with Crippen molar-refractivity contribution in [2.45, 2.75) is 39.2 Å². The number of benzene rings is 1. The Balaban J connectivity index is 2.87. The molecule has 90 valence electrons. The quantitative estimate of drug-likeness (QED) is 0.756. The van der Waals surface area contributed by atoms with E-state index < -0.39 is 11.6 Å². The molecule has 0 aromatic heterocycles. The van der Waals surface area contributed by atoms with E-state index in [0.717, 1.165) is 25.3 Å². The molecule has 3 N–H and O–H groups in total. The number of hydrogen-bond acceptors (Lipinski definition) is 2. The highest BCUT2D eigenvalue weighted by Gasteiger charge is 2.11. The van der Waals surface area contributed by atoms with Crippen molar-refractivity contribution in [3.8, 4) is 0 Å². The topological polar surface area (TPSA) is 38.0 Å². The molecule has 16 heavy (non-hydrogen) atoms. The Bertz CT molecular complexity index is 353. The van der Waals surface area contributed by atoms with E-state index in [0.29, 0.717) is 5.69 Å². The molecule has 4 heteroatoms. The number of nitrogens with two attached hydrogens (primary N) is 1. The summed E-state index contributed by atoms with van der Waals surface area (Å²) in [6, 6.07) is 2.23. The lowest BCUT2D eigenvalue weighted by atomic mass is 10.1. The van der Waals surface area contributed by atoms with Crippen molar-refractivity contribution in [2.75, 3.05) is 11.1 Å². The van der Waals surface area contributed by atoms with E-state index in [-0.39, 0.29) is 11.7 Å². The van der Waals surface area contributed by atoms with E-state index in [2.05, 4.69) is 12.2 Å². The fraction of sp³-hybridized carbons (Fsp3) is 0.500. The Hall–Kier alpha value is -1.32. The van der Waals surface area contributed by atoms with Crippen molar-refractivity contribution in [1.29, 1.82) is 0 Å². The van der Waals surface area contributed by atoms with Gasteiger partial charge in [-0.05, 0) is 18.9 Å². The van der Waals surface area contributed by atoms with Gasteiger partial charge in [0.05, 0.1) is 11.4 Å². The second-order valence-corrected chi connectivity index (χ2v) is 3.89. The molecule has 1 aromatic rings. The molecule has 0 saturated heterocycles. The zero-order valence-corrected chi connectivity index (χ0v) is 9.69. The SMILES string of the molecule is CCCC(CC)Nc1cc(F)cc(F)c1N. The number of nitrogen functional groups attached to an aromatic ring is 1. The Morgan fingerprint density at radius 1 is 1.31 bits per heavy atom. The normalized spacial score (nSPS) is 12.5. The summed E-state index contributed by atoms with van der Waals surface area (Å²) in [7, 11) is 0. The monoisotopic (exact) mass is 228 g/mol. The molecule has 0 aliphatic heterocycles. The summed E-state index contributed by atoms with van der Waals surface area (Å²) < 4.78 is 26.2. The van der Waals surface area contributed by atoms with E-state index in [1.807, 2.05) is 6.92 Å².